The van der Waals surface area contributed by atoms with Crippen LogP contribution in [0.15, 0.2) is 0 Å². The van der Waals surface area contributed by atoms with E-state index in [1.807, 2.05) is 13.8 Å². The molecular formula is C12H17NO4S. The predicted molar refractivity (Wildman–Crippen MR) is 63.9 cm³/mol. The highest BCUT2D eigenvalue weighted by molar-refractivity contribution is 7.86. The van der Waals surface area contributed by atoms with Crippen molar-refractivity contribution in [1.82, 2.24) is 0 Å². The molecule has 2 bridgehead atoms. The van der Waals surface area contributed by atoms with Gasteiger partial charge >= 0.3 is 0 Å². The number of carbonyl (C=O) groups is 1. The van der Waals surface area contributed by atoms with Crippen molar-refractivity contribution in [3.8, 4) is 6.07 Å². The largest absolute Gasteiger partial charge is 0.299 e. The Balaban J connectivity index is 2.27. The van der Waals surface area contributed by atoms with Crippen LogP contribution < -0.4 is 0 Å². The molecule has 2 aliphatic carbocycles. The van der Waals surface area contributed by atoms with Crippen LogP contribution in [-0.4, -0.2) is 26.6 Å². The molecule has 0 heterocycles. The van der Waals surface area contributed by atoms with Gasteiger partial charge in [-0.1, -0.05) is 13.8 Å². The molecule has 100 valence electrons. The van der Waals surface area contributed by atoms with Crippen LogP contribution in [0.5, 0.6) is 0 Å². The lowest BCUT2D eigenvalue weighted by atomic mass is 9.70. The van der Waals surface area contributed by atoms with Crippen molar-refractivity contribution >= 4 is 15.9 Å². The van der Waals surface area contributed by atoms with Crippen LogP contribution in [0.1, 0.15) is 33.1 Å². The topological polar surface area (TPSA) is 84.2 Å². The summed E-state index contributed by atoms with van der Waals surface area (Å²) in [5.74, 6) is 0.0216. The summed E-state index contributed by atoms with van der Waals surface area (Å²) in [6, 6.07) is 1.64. The van der Waals surface area contributed by atoms with Crippen molar-refractivity contribution < 1.29 is 17.4 Å². The second-order valence-corrected chi connectivity index (χ2v) is 7.43. The standard InChI is InChI=1S/C12H17NO4S/c1-11(2)9-3-4-12(11,10(14)7-9)8-18(15,16)17-6-5-13/h9H,3-4,6-8H2,1-2H3. The molecule has 2 rings (SSSR count). The van der Waals surface area contributed by atoms with Gasteiger partial charge in [-0.05, 0) is 24.2 Å². The van der Waals surface area contributed by atoms with Crippen LogP contribution in [0.4, 0.5) is 0 Å². The van der Waals surface area contributed by atoms with Gasteiger partial charge in [0.15, 0.2) is 6.61 Å². The van der Waals surface area contributed by atoms with Crippen molar-refractivity contribution in [1.29, 1.82) is 5.26 Å². The van der Waals surface area contributed by atoms with Crippen molar-refractivity contribution in [3.63, 3.8) is 0 Å². The summed E-state index contributed by atoms with van der Waals surface area (Å²) in [6.07, 6.45) is 1.98. The smallest absolute Gasteiger partial charge is 0.269 e. The van der Waals surface area contributed by atoms with Gasteiger partial charge in [0.1, 0.15) is 5.78 Å². The molecule has 0 aromatic heterocycles. The van der Waals surface area contributed by atoms with Gasteiger partial charge in [0.25, 0.3) is 10.1 Å². The lowest BCUT2D eigenvalue weighted by Crippen LogP contribution is -2.42. The fourth-order valence-electron chi connectivity index (χ4n) is 3.57. The molecule has 6 heteroatoms. The third kappa shape index (κ3) is 1.77. The zero-order valence-corrected chi connectivity index (χ0v) is 11.4. The molecule has 0 aromatic rings. The summed E-state index contributed by atoms with van der Waals surface area (Å²) in [7, 11) is -3.82. The van der Waals surface area contributed by atoms with Crippen molar-refractivity contribution in [3.05, 3.63) is 0 Å². The highest BCUT2D eigenvalue weighted by Gasteiger charge is 2.65. The monoisotopic (exact) mass is 271 g/mol. The number of ketones is 1. The number of Topliss-reactive ketones (excluding diaryl/α,β-unsaturated/α-hetero) is 1. The SMILES string of the molecule is CC1(C)C2CCC1(CS(=O)(=O)OCC#N)C(=O)C2. The Morgan fingerprint density at radius 2 is 2.17 bits per heavy atom. The van der Waals surface area contributed by atoms with Crippen LogP contribution >= 0.6 is 0 Å². The molecule has 2 unspecified atom stereocenters. The molecule has 2 saturated carbocycles. The fourth-order valence-corrected chi connectivity index (χ4v) is 5.16. The minimum Gasteiger partial charge on any atom is -0.299 e. The highest BCUT2D eigenvalue weighted by atomic mass is 32.2. The summed E-state index contributed by atoms with van der Waals surface area (Å²) >= 11 is 0. The maximum Gasteiger partial charge on any atom is 0.269 e. The first-order valence-electron chi connectivity index (χ1n) is 6.02. The normalized spacial score (nSPS) is 33.6. The van der Waals surface area contributed by atoms with E-state index in [2.05, 4.69) is 4.18 Å². The van der Waals surface area contributed by atoms with Crippen molar-refractivity contribution in [2.24, 2.45) is 16.7 Å². The Hall–Kier alpha value is -0.930. The minimum absolute atomic E-state index is 0.0351. The zero-order chi connectivity index (χ0) is 13.6. The van der Waals surface area contributed by atoms with Gasteiger partial charge in [-0.3, -0.25) is 8.98 Å². The summed E-state index contributed by atoms with van der Waals surface area (Å²) < 4.78 is 28.3. The van der Waals surface area contributed by atoms with Gasteiger partial charge in [0, 0.05) is 6.42 Å². The van der Waals surface area contributed by atoms with Gasteiger partial charge in [0.05, 0.1) is 17.2 Å². The van der Waals surface area contributed by atoms with E-state index in [1.54, 1.807) is 6.07 Å². The van der Waals surface area contributed by atoms with E-state index < -0.39 is 22.1 Å². The number of hydrogen-bond donors (Lipinski definition) is 0. The van der Waals surface area contributed by atoms with Crippen LogP contribution in [0.2, 0.25) is 0 Å². The van der Waals surface area contributed by atoms with E-state index >= 15 is 0 Å². The zero-order valence-electron chi connectivity index (χ0n) is 10.6. The third-order valence-corrected chi connectivity index (χ3v) is 6.19. The summed E-state index contributed by atoms with van der Waals surface area (Å²) in [6.45, 7) is 3.45. The molecule has 2 aliphatic rings. The lowest BCUT2D eigenvalue weighted by Gasteiger charge is -2.35. The van der Waals surface area contributed by atoms with Crippen LogP contribution in [0.25, 0.3) is 0 Å². The van der Waals surface area contributed by atoms with Crippen molar-refractivity contribution in [2.45, 2.75) is 33.1 Å². The van der Waals surface area contributed by atoms with Gasteiger partial charge in [-0.2, -0.15) is 13.7 Å². The number of nitrogens with zero attached hydrogens (tertiary/aromatic N) is 1. The third-order valence-electron chi connectivity index (χ3n) is 4.87. The van der Waals surface area contributed by atoms with Gasteiger partial charge < -0.3 is 0 Å². The molecule has 5 nitrogen and oxygen atoms in total. The van der Waals surface area contributed by atoms with Crippen molar-refractivity contribution in [2.75, 3.05) is 12.4 Å². The lowest BCUT2D eigenvalue weighted by molar-refractivity contribution is -0.128. The fraction of sp³-hybridized carbons (Fsp3) is 0.833. The molecule has 0 N–H and O–H groups in total. The molecule has 0 aliphatic heterocycles. The van der Waals surface area contributed by atoms with E-state index in [-0.39, 0.29) is 22.9 Å². The van der Waals surface area contributed by atoms with E-state index in [9.17, 15) is 13.2 Å². The Morgan fingerprint density at radius 1 is 1.50 bits per heavy atom. The Bertz CT molecular complexity index is 517. The van der Waals surface area contributed by atoms with Crippen LogP contribution in [-0.2, 0) is 19.1 Å². The molecular weight excluding hydrogens is 254 g/mol. The molecule has 0 amide bonds. The first-order valence-corrected chi connectivity index (χ1v) is 7.60. The molecule has 18 heavy (non-hydrogen) atoms. The van der Waals surface area contributed by atoms with Gasteiger partial charge in [0.2, 0.25) is 0 Å². The molecule has 0 radical (unpaired) electrons. The first-order chi connectivity index (χ1) is 8.25. The maximum absolute atomic E-state index is 12.1. The van der Waals surface area contributed by atoms with Gasteiger partial charge in [-0.25, -0.2) is 0 Å². The molecule has 0 aromatic carbocycles. The number of fused-ring (bicyclic) bond motifs is 2. The number of rotatable bonds is 4. The van der Waals surface area contributed by atoms with E-state index in [4.69, 9.17) is 5.26 Å². The summed E-state index contributed by atoms with van der Waals surface area (Å²) in [5, 5.41) is 8.37. The average molecular weight is 271 g/mol. The minimum atomic E-state index is -3.82. The van der Waals surface area contributed by atoms with Crippen LogP contribution in [0, 0.1) is 28.1 Å². The number of hydrogen-bond acceptors (Lipinski definition) is 5. The second-order valence-electron chi connectivity index (χ2n) is 5.79. The van der Waals surface area contributed by atoms with E-state index in [0.29, 0.717) is 12.8 Å². The predicted octanol–water partition coefficient (Wildman–Crippen LogP) is 1.25. The Labute approximate surface area is 107 Å². The van der Waals surface area contributed by atoms with E-state index in [0.717, 1.165) is 6.42 Å². The summed E-state index contributed by atoms with van der Waals surface area (Å²) in [5.41, 5.74) is -1.11. The molecule has 2 fully saturated rings. The second kappa shape index (κ2) is 4.04. The molecule has 0 spiro atoms. The molecule has 0 saturated heterocycles. The first kappa shape index (κ1) is 13.5. The number of nitriles is 1. The molecule has 2 atom stereocenters. The van der Waals surface area contributed by atoms with Gasteiger partial charge in [-0.15, -0.1) is 0 Å². The highest BCUT2D eigenvalue weighted by Crippen LogP contribution is 2.64. The maximum atomic E-state index is 12.1. The van der Waals surface area contributed by atoms with Crippen LogP contribution in [0.3, 0.4) is 0 Å². The average Bonchev–Trinajstić information content (AvgIpc) is 2.59. The Kier molecular flexibility index (Phi) is 3.03. The number of carbonyl (C=O) groups excluding carboxylic acids is 1. The summed E-state index contributed by atoms with van der Waals surface area (Å²) in [4.78, 5) is 12.1. The van der Waals surface area contributed by atoms with E-state index in [1.165, 1.54) is 0 Å². The Morgan fingerprint density at radius 3 is 2.61 bits per heavy atom. The quantitative estimate of drug-likeness (QED) is 0.718.